The lowest BCUT2D eigenvalue weighted by Crippen LogP contribution is -2.49. The first-order valence-electron chi connectivity index (χ1n) is 10.5. The molecule has 160 valence electrons. The number of phenols is 1. The lowest BCUT2D eigenvalue weighted by atomic mass is 9.96. The summed E-state index contributed by atoms with van der Waals surface area (Å²) in [6, 6.07) is 5.57. The van der Waals surface area contributed by atoms with E-state index in [1.807, 2.05) is 0 Å². The number of amides is 1. The summed E-state index contributed by atoms with van der Waals surface area (Å²) in [7, 11) is 1.49. The average molecular weight is 429 g/mol. The number of fused-ring (bicyclic) bond motifs is 2. The largest absolute Gasteiger partial charge is 0.504 e. The fourth-order valence-electron chi connectivity index (χ4n) is 4.61. The second kappa shape index (κ2) is 9.04. The normalized spacial score (nSPS) is 25.6. The van der Waals surface area contributed by atoms with Gasteiger partial charge in [0.05, 0.1) is 13.3 Å². The van der Waals surface area contributed by atoms with Crippen molar-refractivity contribution in [3.05, 3.63) is 35.9 Å². The fraction of sp³-hybridized carbons (Fsp3) is 0.500. The smallest absolute Gasteiger partial charge is 0.243 e. The maximum absolute atomic E-state index is 12.5. The Balaban J connectivity index is 1.22. The van der Waals surface area contributed by atoms with Crippen LogP contribution in [0, 0.1) is 17.8 Å². The molecule has 1 saturated heterocycles. The Morgan fingerprint density at radius 2 is 2.10 bits per heavy atom. The fourth-order valence-corrected chi connectivity index (χ4v) is 4.94. The van der Waals surface area contributed by atoms with Crippen molar-refractivity contribution < 1.29 is 14.6 Å². The third kappa shape index (κ3) is 4.43. The van der Waals surface area contributed by atoms with Gasteiger partial charge in [0.1, 0.15) is 0 Å². The number of methoxy groups -OCH3 is 1. The number of ether oxygens (including phenoxy) is 1. The lowest BCUT2D eigenvalue weighted by Gasteiger charge is -2.35. The number of rotatable bonds is 5. The molecule has 1 aromatic rings. The highest BCUT2D eigenvalue weighted by Crippen LogP contribution is 2.39. The van der Waals surface area contributed by atoms with Crippen LogP contribution < -0.4 is 15.5 Å². The number of hydrogen-bond acceptors (Lipinski definition) is 5. The monoisotopic (exact) mass is 428 g/mol. The van der Waals surface area contributed by atoms with Crippen LogP contribution in [0.5, 0.6) is 11.5 Å². The average Bonchev–Trinajstić information content (AvgIpc) is 3.38. The van der Waals surface area contributed by atoms with Gasteiger partial charge in [-0.3, -0.25) is 4.79 Å². The van der Waals surface area contributed by atoms with E-state index < -0.39 is 0 Å². The molecule has 2 bridgehead atoms. The van der Waals surface area contributed by atoms with Crippen molar-refractivity contribution in [3.63, 3.8) is 0 Å². The molecule has 2 aliphatic carbocycles. The summed E-state index contributed by atoms with van der Waals surface area (Å²) in [6.45, 7) is 1.53. The van der Waals surface area contributed by atoms with Crippen LogP contribution in [0.2, 0.25) is 0 Å². The van der Waals surface area contributed by atoms with E-state index in [-0.39, 0.29) is 17.6 Å². The number of carbonyl (C=O) groups is 1. The van der Waals surface area contributed by atoms with Gasteiger partial charge in [-0.1, -0.05) is 18.2 Å². The van der Waals surface area contributed by atoms with E-state index in [2.05, 4.69) is 32.9 Å². The molecular weight excluding hydrogens is 400 g/mol. The van der Waals surface area contributed by atoms with Gasteiger partial charge in [-0.25, -0.2) is 5.43 Å². The number of hydrogen-bond donors (Lipinski definition) is 3. The highest BCUT2D eigenvalue weighted by molar-refractivity contribution is 7.80. The van der Waals surface area contributed by atoms with E-state index in [9.17, 15) is 9.90 Å². The number of allylic oxidation sites excluding steroid dienone is 1. The predicted molar refractivity (Wildman–Crippen MR) is 120 cm³/mol. The number of likely N-dealkylation sites (tertiary alicyclic amines) is 1. The number of benzene rings is 1. The Labute approximate surface area is 182 Å². The molecule has 1 amide bonds. The minimum Gasteiger partial charge on any atom is -0.504 e. The molecule has 1 saturated carbocycles. The summed E-state index contributed by atoms with van der Waals surface area (Å²) >= 11 is 5.62. The first kappa shape index (κ1) is 20.7. The number of piperidine rings is 1. The van der Waals surface area contributed by atoms with Crippen LogP contribution in [0.4, 0.5) is 0 Å². The molecule has 0 spiro atoms. The van der Waals surface area contributed by atoms with Gasteiger partial charge in [0.2, 0.25) is 5.91 Å². The number of hydrazone groups is 1. The topological polar surface area (TPSA) is 86.2 Å². The summed E-state index contributed by atoms with van der Waals surface area (Å²) in [5.74, 6) is 1.49. The van der Waals surface area contributed by atoms with E-state index in [0.717, 1.165) is 31.0 Å². The Morgan fingerprint density at radius 1 is 1.30 bits per heavy atom. The molecule has 30 heavy (non-hydrogen) atoms. The second-order valence-corrected chi connectivity index (χ2v) is 8.62. The van der Waals surface area contributed by atoms with Crippen LogP contribution in [-0.2, 0) is 4.79 Å². The van der Waals surface area contributed by atoms with Crippen molar-refractivity contribution in [3.8, 4) is 11.5 Å². The van der Waals surface area contributed by atoms with Crippen molar-refractivity contribution in [1.29, 1.82) is 0 Å². The van der Waals surface area contributed by atoms with Gasteiger partial charge in [0.25, 0.3) is 0 Å². The van der Waals surface area contributed by atoms with E-state index in [1.165, 1.54) is 26.2 Å². The zero-order valence-electron chi connectivity index (χ0n) is 17.1. The molecule has 8 heteroatoms. The lowest BCUT2D eigenvalue weighted by molar-refractivity contribution is -0.126. The first-order valence-corrected chi connectivity index (χ1v) is 10.9. The number of thiocarbonyl (C=S) groups is 1. The molecule has 3 unspecified atom stereocenters. The molecule has 0 radical (unpaired) electrons. The Bertz CT molecular complexity index is 864. The quantitative estimate of drug-likeness (QED) is 0.289. The van der Waals surface area contributed by atoms with E-state index in [1.54, 1.807) is 18.2 Å². The van der Waals surface area contributed by atoms with E-state index in [4.69, 9.17) is 17.0 Å². The zero-order valence-corrected chi connectivity index (χ0v) is 17.9. The highest BCUT2D eigenvalue weighted by Gasteiger charge is 2.36. The number of carbonyl (C=O) groups excluding carboxylic acids is 1. The summed E-state index contributed by atoms with van der Waals surface area (Å²) in [6.07, 6.45) is 9.96. The van der Waals surface area contributed by atoms with Crippen LogP contribution in [0.1, 0.15) is 31.2 Å². The minimum atomic E-state index is -0.106. The third-order valence-electron chi connectivity index (χ3n) is 6.37. The molecule has 0 aromatic heterocycles. The molecule has 2 fully saturated rings. The van der Waals surface area contributed by atoms with Gasteiger partial charge < -0.3 is 20.1 Å². The van der Waals surface area contributed by atoms with Crippen LogP contribution in [0.15, 0.2) is 35.5 Å². The standard InChI is InChI=1S/C22H28N4O3S/c1-29-19-4-2-3-17(20(19)27)13-23-25-21(28)15-7-9-26(10-8-15)22(30)24-18-12-14-5-6-16(18)11-14/h2-6,13-16,18,27H,7-12H2,1H3,(H,24,30)(H,25,28)/b23-13+. The first-order chi connectivity index (χ1) is 14.5. The number of nitrogens with zero attached hydrogens (tertiary/aromatic N) is 2. The summed E-state index contributed by atoms with van der Waals surface area (Å²) in [5, 5.41) is 18.4. The van der Waals surface area contributed by atoms with Gasteiger partial charge in [0.15, 0.2) is 16.6 Å². The van der Waals surface area contributed by atoms with Gasteiger partial charge >= 0.3 is 0 Å². The van der Waals surface area contributed by atoms with Crippen molar-refractivity contribution in [1.82, 2.24) is 15.6 Å². The Morgan fingerprint density at radius 3 is 2.77 bits per heavy atom. The summed E-state index contributed by atoms with van der Waals surface area (Å²) < 4.78 is 5.07. The molecule has 4 rings (SSSR count). The van der Waals surface area contributed by atoms with Crippen LogP contribution >= 0.6 is 12.2 Å². The Kier molecular flexibility index (Phi) is 6.22. The molecule has 3 atom stereocenters. The van der Waals surface area contributed by atoms with Crippen LogP contribution in [0.25, 0.3) is 0 Å². The number of phenolic OH excluding ortho intramolecular Hbond substituents is 1. The Hall–Kier alpha value is -2.61. The van der Waals surface area contributed by atoms with E-state index >= 15 is 0 Å². The van der Waals surface area contributed by atoms with Crippen molar-refractivity contribution >= 4 is 29.5 Å². The van der Waals surface area contributed by atoms with Crippen molar-refractivity contribution in [2.24, 2.45) is 22.9 Å². The molecular formula is C22H28N4O3S. The van der Waals surface area contributed by atoms with Gasteiger partial charge in [-0.05, 0) is 61.9 Å². The molecule has 1 aliphatic heterocycles. The number of nitrogens with one attached hydrogen (secondary N) is 2. The van der Waals surface area contributed by atoms with Gasteiger partial charge in [-0.2, -0.15) is 5.10 Å². The minimum absolute atomic E-state index is 0.00158. The van der Waals surface area contributed by atoms with Crippen LogP contribution in [-0.4, -0.2) is 53.5 Å². The predicted octanol–water partition coefficient (Wildman–Crippen LogP) is 2.40. The van der Waals surface area contributed by atoms with Crippen molar-refractivity contribution in [2.45, 2.75) is 31.7 Å². The molecule has 1 aromatic carbocycles. The summed E-state index contributed by atoms with van der Waals surface area (Å²) in [4.78, 5) is 14.6. The second-order valence-electron chi connectivity index (χ2n) is 8.23. The maximum Gasteiger partial charge on any atom is 0.243 e. The molecule has 3 N–H and O–H groups in total. The molecule has 3 aliphatic rings. The molecule has 1 heterocycles. The number of para-hydroxylation sites is 1. The van der Waals surface area contributed by atoms with Crippen LogP contribution in [0.3, 0.4) is 0 Å². The van der Waals surface area contributed by atoms with E-state index in [0.29, 0.717) is 29.2 Å². The van der Waals surface area contributed by atoms with Gasteiger partial charge in [-0.15, -0.1) is 0 Å². The maximum atomic E-state index is 12.5. The molecule has 7 nitrogen and oxygen atoms in total. The zero-order chi connectivity index (χ0) is 21.1. The highest BCUT2D eigenvalue weighted by atomic mass is 32.1. The third-order valence-corrected chi connectivity index (χ3v) is 6.75. The number of aromatic hydroxyl groups is 1. The summed E-state index contributed by atoms with van der Waals surface area (Å²) in [5.41, 5.74) is 3.07. The SMILES string of the molecule is COc1cccc(/C=N/NC(=O)C2CCN(C(=S)NC3CC4C=CC3C4)CC2)c1O. The van der Waals surface area contributed by atoms with Gasteiger partial charge in [0, 0.05) is 30.6 Å². The van der Waals surface area contributed by atoms with Crippen molar-refractivity contribution in [2.75, 3.05) is 20.2 Å².